The zero-order valence-corrected chi connectivity index (χ0v) is 30.8. The fourth-order valence-corrected chi connectivity index (χ4v) is 10.00. The summed E-state index contributed by atoms with van der Waals surface area (Å²) in [5.41, 5.74) is 3.88. The van der Waals surface area contributed by atoms with Crippen molar-refractivity contribution in [1.82, 2.24) is 9.97 Å². The maximum Gasteiger partial charge on any atom is 0.285 e. The Morgan fingerprint density at radius 2 is 2.04 bits per heavy atom. The van der Waals surface area contributed by atoms with Crippen molar-refractivity contribution < 1.29 is 23.3 Å². The van der Waals surface area contributed by atoms with Crippen LogP contribution in [0.4, 0.5) is 5.69 Å². The molecule has 0 radical (unpaired) electrons. The number of carbonyl (C=O) groups excluding carboxylic acids is 2. The second kappa shape index (κ2) is 15.7. The molecule has 9 nitrogen and oxygen atoms in total. The van der Waals surface area contributed by atoms with Gasteiger partial charge in [0.05, 0.1) is 46.0 Å². The summed E-state index contributed by atoms with van der Waals surface area (Å²) in [5.74, 6) is 0.0645. The molecule has 0 unspecified atom stereocenters. The van der Waals surface area contributed by atoms with E-state index in [1.807, 2.05) is 18.2 Å². The van der Waals surface area contributed by atoms with Gasteiger partial charge in [0.1, 0.15) is 5.75 Å². The fraction of sp³-hybridized carbons (Fsp3) is 0.487. The number of allylic oxidation sites excluding steroid dienone is 1. The summed E-state index contributed by atoms with van der Waals surface area (Å²) in [6.07, 6.45) is 13.6. The van der Waals surface area contributed by atoms with Gasteiger partial charge in [-0.05, 0) is 85.4 Å². The second-order valence-corrected chi connectivity index (χ2v) is 16.9. The number of nitrogens with zero attached hydrogens (tertiary/aromatic N) is 4. The SMILES string of the molecule is CC[C@H]1CN2C[C@@]3(CCCc4cc(Cl)ccc43)COc3ccc(cc32)C(=O)N=[S@](=O)(CC(=O)Cc2cnccn2)CCC/C=C/[C@H](OC)[C@@H]1C. The zero-order valence-electron chi connectivity index (χ0n) is 29.2. The Morgan fingerprint density at radius 1 is 1.18 bits per heavy atom. The molecule has 0 saturated carbocycles. The van der Waals surface area contributed by atoms with E-state index in [2.05, 4.69) is 57.4 Å². The first-order chi connectivity index (χ1) is 24.1. The maximum absolute atomic E-state index is 14.3. The first-order valence-corrected chi connectivity index (χ1v) is 19.9. The molecule has 1 amide bonds. The van der Waals surface area contributed by atoms with E-state index >= 15 is 0 Å². The predicted molar refractivity (Wildman–Crippen MR) is 198 cm³/mol. The van der Waals surface area contributed by atoms with Gasteiger partial charge in [0.25, 0.3) is 5.91 Å². The summed E-state index contributed by atoms with van der Waals surface area (Å²) in [6, 6.07) is 11.6. The standard InChI is InChI=1S/C39H47ClN4O5S/c1-4-28-23-44-25-39(15-8-9-29-19-31(40)12-13-34(29)39)26-49-37-14-11-30(20-35(37)44)38(46)43-50(47,18-7-5-6-10-36(48-3)27(28)2)24-33(45)21-32-22-41-16-17-42-32/h6,10-14,16-17,19-20,22,27-28,36H,4-5,7-9,15,18,21,23-26H2,1-3H3/b10-6+/t27-,28+,36+,39+,50-/m1/s1. The lowest BCUT2D eigenvalue weighted by molar-refractivity contribution is -0.116. The number of fused-ring (bicyclic) bond motifs is 3. The van der Waals surface area contributed by atoms with Crippen molar-refractivity contribution in [3.8, 4) is 5.75 Å². The van der Waals surface area contributed by atoms with E-state index in [4.69, 9.17) is 21.1 Å². The van der Waals surface area contributed by atoms with E-state index in [0.717, 1.165) is 42.9 Å². The third-order valence-corrected chi connectivity index (χ3v) is 13.0. The van der Waals surface area contributed by atoms with Crippen LogP contribution < -0.4 is 9.64 Å². The number of hydrogen-bond donors (Lipinski definition) is 0. The first-order valence-electron chi connectivity index (χ1n) is 17.7. The van der Waals surface area contributed by atoms with Crippen molar-refractivity contribution in [2.75, 3.05) is 43.2 Å². The molecule has 0 fully saturated rings. The highest BCUT2D eigenvalue weighted by atomic mass is 35.5. The largest absolute Gasteiger partial charge is 0.490 e. The Bertz CT molecular complexity index is 1860. The van der Waals surface area contributed by atoms with Crippen LogP contribution in [0.15, 0.2) is 71.5 Å². The Hall–Kier alpha value is -3.60. The maximum atomic E-state index is 14.3. The Labute approximate surface area is 301 Å². The van der Waals surface area contributed by atoms with Gasteiger partial charge < -0.3 is 14.4 Å². The van der Waals surface area contributed by atoms with E-state index in [1.54, 1.807) is 13.2 Å². The Kier molecular flexibility index (Phi) is 11.4. The fourth-order valence-electron chi connectivity index (χ4n) is 7.87. The summed E-state index contributed by atoms with van der Waals surface area (Å²) in [7, 11) is -1.47. The lowest BCUT2D eigenvalue weighted by atomic mass is 9.70. The van der Waals surface area contributed by atoms with Crippen molar-refractivity contribution >= 4 is 38.7 Å². The number of ketones is 1. The molecule has 50 heavy (non-hydrogen) atoms. The molecule has 6 rings (SSSR count). The summed E-state index contributed by atoms with van der Waals surface area (Å²) >= 11 is 6.46. The van der Waals surface area contributed by atoms with Crippen molar-refractivity contribution in [1.29, 1.82) is 0 Å². The summed E-state index contributed by atoms with van der Waals surface area (Å²) < 4.78 is 31.3. The molecule has 2 bridgehead atoms. The number of aryl methyl sites for hydroxylation is 1. The number of halogens is 1. The highest BCUT2D eigenvalue weighted by Gasteiger charge is 2.42. The number of Topliss-reactive ketones (excluding diaryl/α,β-unsaturated/α-hetero) is 1. The number of hydrogen-bond acceptors (Lipinski definition) is 8. The van der Waals surface area contributed by atoms with E-state index in [9.17, 15) is 13.8 Å². The molecule has 266 valence electrons. The minimum absolute atomic E-state index is 0.0251. The predicted octanol–water partition coefficient (Wildman–Crippen LogP) is 7.05. The molecule has 0 saturated heterocycles. The van der Waals surface area contributed by atoms with Gasteiger partial charge in [-0.2, -0.15) is 4.36 Å². The van der Waals surface area contributed by atoms with Crippen molar-refractivity contribution in [3.63, 3.8) is 0 Å². The van der Waals surface area contributed by atoms with Crippen LogP contribution in [0.2, 0.25) is 5.02 Å². The first kappa shape index (κ1) is 36.2. The van der Waals surface area contributed by atoms with Crippen LogP contribution >= 0.6 is 11.6 Å². The third-order valence-electron chi connectivity index (χ3n) is 10.6. The monoisotopic (exact) mass is 718 g/mol. The number of aromatic nitrogens is 2. The quantitative estimate of drug-likeness (QED) is 0.250. The number of benzene rings is 2. The van der Waals surface area contributed by atoms with Crippen LogP contribution in [0.25, 0.3) is 0 Å². The van der Waals surface area contributed by atoms with Crippen LogP contribution in [0.3, 0.4) is 0 Å². The van der Waals surface area contributed by atoms with Crippen molar-refractivity contribution in [2.45, 2.75) is 70.3 Å². The van der Waals surface area contributed by atoms with Gasteiger partial charge in [0, 0.05) is 60.5 Å². The van der Waals surface area contributed by atoms with Gasteiger partial charge in [-0.25, -0.2) is 4.21 Å². The zero-order chi connectivity index (χ0) is 35.3. The van der Waals surface area contributed by atoms with Crippen LogP contribution in [-0.4, -0.2) is 70.3 Å². The minimum Gasteiger partial charge on any atom is -0.490 e. The number of rotatable bonds is 6. The normalized spacial score (nSPS) is 27.8. The summed E-state index contributed by atoms with van der Waals surface area (Å²) in [6.45, 7) is 6.40. The molecule has 3 heterocycles. The molecular formula is C39H47ClN4O5S. The van der Waals surface area contributed by atoms with Gasteiger partial charge >= 0.3 is 0 Å². The van der Waals surface area contributed by atoms with E-state index in [1.165, 1.54) is 29.7 Å². The molecule has 0 N–H and O–H groups in total. The summed E-state index contributed by atoms with van der Waals surface area (Å²) in [4.78, 5) is 37.7. The van der Waals surface area contributed by atoms with Crippen molar-refractivity contribution in [2.24, 2.45) is 16.2 Å². The second-order valence-electron chi connectivity index (χ2n) is 14.0. The molecule has 1 aliphatic carbocycles. The highest BCUT2D eigenvalue weighted by Crippen LogP contribution is 2.45. The third kappa shape index (κ3) is 8.13. The molecule has 2 aliphatic heterocycles. The van der Waals surface area contributed by atoms with E-state index in [0.29, 0.717) is 43.0 Å². The van der Waals surface area contributed by atoms with Gasteiger partial charge in [0.15, 0.2) is 5.78 Å². The van der Waals surface area contributed by atoms with Crippen LogP contribution in [-0.2, 0) is 37.5 Å². The topological polar surface area (TPSA) is 111 Å². The molecule has 2 aromatic carbocycles. The smallest absolute Gasteiger partial charge is 0.285 e. The van der Waals surface area contributed by atoms with E-state index in [-0.39, 0.29) is 47.1 Å². The molecule has 3 aliphatic rings. The average molecular weight is 719 g/mol. The van der Waals surface area contributed by atoms with Gasteiger partial charge in [-0.3, -0.25) is 19.6 Å². The number of amides is 1. The Balaban J connectivity index is 1.41. The average Bonchev–Trinajstić information content (AvgIpc) is 3.25. The number of ether oxygens (including phenoxy) is 2. The van der Waals surface area contributed by atoms with Crippen LogP contribution in [0.5, 0.6) is 5.75 Å². The molecule has 5 atom stereocenters. The van der Waals surface area contributed by atoms with E-state index < -0.39 is 15.6 Å². The highest BCUT2D eigenvalue weighted by molar-refractivity contribution is 7.94. The van der Waals surface area contributed by atoms with Crippen LogP contribution in [0.1, 0.15) is 73.1 Å². The number of methoxy groups -OCH3 is 1. The number of carbonyl (C=O) groups is 2. The lowest BCUT2D eigenvalue weighted by Gasteiger charge is -2.42. The van der Waals surface area contributed by atoms with Crippen molar-refractivity contribution in [3.05, 3.63) is 94.5 Å². The number of anilines is 1. The van der Waals surface area contributed by atoms with Crippen LogP contribution in [0, 0.1) is 11.8 Å². The molecule has 11 heteroatoms. The molecule has 1 aromatic heterocycles. The molecule has 3 aromatic rings. The van der Waals surface area contributed by atoms with Gasteiger partial charge in [-0.1, -0.05) is 50.1 Å². The minimum atomic E-state index is -3.22. The summed E-state index contributed by atoms with van der Waals surface area (Å²) in [5, 5.41) is 0.737. The Morgan fingerprint density at radius 3 is 2.82 bits per heavy atom. The lowest BCUT2D eigenvalue weighted by Crippen LogP contribution is -2.47. The van der Waals surface area contributed by atoms with Gasteiger partial charge in [0.2, 0.25) is 0 Å². The molecule has 1 spiro atoms. The van der Waals surface area contributed by atoms with Gasteiger partial charge in [-0.15, -0.1) is 0 Å². The molecular weight excluding hydrogens is 672 g/mol.